The molecule has 0 aromatic carbocycles. The molecule has 5 heteroatoms. The minimum atomic E-state index is 0.219. The lowest BCUT2D eigenvalue weighted by molar-refractivity contribution is 0.00663. The van der Waals surface area contributed by atoms with Crippen molar-refractivity contribution in [3.05, 3.63) is 0 Å². The van der Waals surface area contributed by atoms with Crippen molar-refractivity contribution in [2.24, 2.45) is 23.7 Å². The quantitative estimate of drug-likeness (QED) is 0.817. The van der Waals surface area contributed by atoms with Gasteiger partial charge in [-0.2, -0.15) is 4.98 Å². The highest BCUT2D eigenvalue weighted by Gasteiger charge is 2.48. The van der Waals surface area contributed by atoms with Gasteiger partial charge in [0.05, 0.1) is 0 Å². The average molecular weight is 234 g/mol. The van der Waals surface area contributed by atoms with Crippen LogP contribution in [0.2, 0.25) is 0 Å². The van der Waals surface area contributed by atoms with Gasteiger partial charge >= 0.3 is 6.01 Å². The topological polar surface area (TPSA) is 77.0 Å². The molecule has 5 rings (SSSR count). The normalized spacial score (nSPS) is 42.9. The third-order valence-corrected chi connectivity index (χ3v) is 4.96. The fourth-order valence-electron chi connectivity index (χ4n) is 4.60. The van der Waals surface area contributed by atoms with E-state index < -0.39 is 0 Å². The maximum atomic E-state index is 5.47. The standard InChI is InChI=1S/C12H18N4O/c13-11-15-12(17-16-11)14-10-8-2-6-1-7(4-8)5-9(10)3-6/h6-10H,1-5H2,(H3,13,14,15,16). The molecule has 1 heterocycles. The van der Waals surface area contributed by atoms with E-state index in [0.29, 0.717) is 12.1 Å². The van der Waals surface area contributed by atoms with Crippen LogP contribution in [-0.2, 0) is 0 Å². The SMILES string of the molecule is Nc1noc(NC2C3CC4CC(C3)CC2C4)n1. The van der Waals surface area contributed by atoms with E-state index >= 15 is 0 Å². The van der Waals surface area contributed by atoms with E-state index in [0.717, 1.165) is 23.7 Å². The summed E-state index contributed by atoms with van der Waals surface area (Å²) in [6, 6.07) is 1.03. The van der Waals surface area contributed by atoms with Gasteiger partial charge in [0, 0.05) is 6.04 Å². The summed E-state index contributed by atoms with van der Waals surface area (Å²) >= 11 is 0. The molecule has 4 fully saturated rings. The first-order valence-corrected chi connectivity index (χ1v) is 6.63. The molecule has 4 aliphatic rings. The molecule has 0 radical (unpaired) electrons. The van der Waals surface area contributed by atoms with Crippen LogP contribution in [0.25, 0.3) is 0 Å². The van der Waals surface area contributed by atoms with Gasteiger partial charge in [0.1, 0.15) is 0 Å². The second kappa shape index (κ2) is 3.37. The Morgan fingerprint density at radius 2 is 1.71 bits per heavy atom. The zero-order valence-electron chi connectivity index (χ0n) is 9.80. The predicted molar refractivity (Wildman–Crippen MR) is 63.2 cm³/mol. The van der Waals surface area contributed by atoms with Crippen LogP contribution in [0.3, 0.4) is 0 Å². The molecular weight excluding hydrogens is 216 g/mol. The van der Waals surface area contributed by atoms with Gasteiger partial charge in [-0.3, -0.25) is 0 Å². The van der Waals surface area contributed by atoms with Crippen molar-refractivity contribution in [3.8, 4) is 0 Å². The van der Waals surface area contributed by atoms with Gasteiger partial charge in [-0.1, -0.05) is 0 Å². The summed E-state index contributed by atoms with van der Waals surface area (Å²) in [6.45, 7) is 0. The molecule has 0 spiro atoms. The first-order valence-electron chi connectivity index (χ1n) is 6.63. The number of rotatable bonds is 2. The summed E-state index contributed by atoms with van der Waals surface area (Å²) in [4.78, 5) is 4.05. The smallest absolute Gasteiger partial charge is 0.323 e. The summed E-state index contributed by atoms with van der Waals surface area (Å²) in [5.41, 5.74) is 5.47. The van der Waals surface area contributed by atoms with Crippen molar-refractivity contribution < 1.29 is 4.52 Å². The lowest BCUT2D eigenvalue weighted by Crippen LogP contribution is -2.51. The number of nitrogens with zero attached hydrogens (tertiary/aromatic N) is 2. The Balaban J connectivity index is 1.54. The molecule has 1 aromatic rings. The molecule has 0 amide bonds. The summed E-state index contributed by atoms with van der Waals surface area (Å²) in [6.07, 6.45) is 7.01. The fraction of sp³-hybridized carbons (Fsp3) is 0.833. The second-order valence-corrected chi connectivity index (χ2v) is 6.06. The number of nitrogen functional groups attached to an aromatic ring is 1. The zero-order chi connectivity index (χ0) is 11.4. The maximum Gasteiger partial charge on any atom is 0.323 e. The van der Waals surface area contributed by atoms with Gasteiger partial charge in [-0.15, -0.1) is 0 Å². The van der Waals surface area contributed by atoms with E-state index in [1.165, 1.54) is 32.1 Å². The van der Waals surface area contributed by atoms with Crippen molar-refractivity contribution in [2.75, 3.05) is 11.1 Å². The zero-order valence-corrected chi connectivity index (χ0v) is 9.80. The third kappa shape index (κ3) is 1.51. The molecule has 92 valence electrons. The van der Waals surface area contributed by atoms with Gasteiger partial charge in [-0.05, 0) is 60.9 Å². The van der Waals surface area contributed by atoms with Crippen LogP contribution in [0.4, 0.5) is 12.0 Å². The monoisotopic (exact) mass is 234 g/mol. The number of anilines is 2. The Bertz CT molecular complexity index is 402. The molecular formula is C12H18N4O. The molecule has 3 N–H and O–H groups in total. The first-order chi connectivity index (χ1) is 8.28. The summed E-state index contributed by atoms with van der Waals surface area (Å²) < 4.78 is 5.07. The molecule has 5 nitrogen and oxygen atoms in total. The Morgan fingerprint density at radius 3 is 2.24 bits per heavy atom. The number of nitrogens with one attached hydrogen (secondary N) is 1. The van der Waals surface area contributed by atoms with Gasteiger partial charge in [-0.25, -0.2) is 0 Å². The van der Waals surface area contributed by atoms with Crippen LogP contribution >= 0.6 is 0 Å². The Hall–Kier alpha value is -1.26. The van der Waals surface area contributed by atoms with Crippen LogP contribution in [0.1, 0.15) is 32.1 Å². The van der Waals surface area contributed by atoms with Crippen LogP contribution in [-0.4, -0.2) is 16.2 Å². The van der Waals surface area contributed by atoms with E-state index in [4.69, 9.17) is 10.3 Å². The van der Waals surface area contributed by atoms with E-state index in [1.54, 1.807) is 0 Å². The van der Waals surface area contributed by atoms with Crippen LogP contribution in [0, 0.1) is 23.7 Å². The summed E-state index contributed by atoms with van der Waals surface area (Å²) in [5, 5.41) is 7.05. The van der Waals surface area contributed by atoms with Crippen LogP contribution in [0.5, 0.6) is 0 Å². The molecule has 4 bridgehead atoms. The van der Waals surface area contributed by atoms with Crippen molar-refractivity contribution in [3.63, 3.8) is 0 Å². The number of hydrogen-bond donors (Lipinski definition) is 2. The molecule has 1 aromatic heterocycles. The average Bonchev–Trinajstić information content (AvgIpc) is 2.68. The Kier molecular flexibility index (Phi) is 1.93. The minimum Gasteiger partial charge on any atom is -0.365 e. The lowest BCUT2D eigenvalue weighted by Gasteiger charge is -2.54. The second-order valence-electron chi connectivity index (χ2n) is 6.06. The highest BCUT2D eigenvalue weighted by Crippen LogP contribution is 2.54. The fourth-order valence-corrected chi connectivity index (χ4v) is 4.60. The van der Waals surface area contributed by atoms with Gasteiger partial charge in [0.15, 0.2) is 0 Å². The van der Waals surface area contributed by atoms with E-state index in [1.807, 2.05) is 0 Å². The minimum absolute atomic E-state index is 0.219. The maximum absolute atomic E-state index is 5.47. The van der Waals surface area contributed by atoms with Crippen molar-refractivity contribution in [2.45, 2.75) is 38.1 Å². The highest BCUT2D eigenvalue weighted by molar-refractivity contribution is 5.29. The van der Waals surface area contributed by atoms with E-state index in [-0.39, 0.29) is 5.95 Å². The molecule has 0 unspecified atom stereocenters. The summed E-state index contributed by atoms with van der Waals surface area (Å²) in [5.74, 6) is 3.81. The van der Waals surface area contributed by atoms with E-state index in [2.05, 4.69) is 15.5 Å². The van der Waals surface area contributed by atoms with Gasteiger partial charge in [0.2, 0.25) is 0 Å². The van der Waals surface area contributed by atoms with Crippen LogP contribution in [0.15, 0.2) is 4.52 Å². The number of hydrogen-bond acceptors (Lipinski definition) is 5. The van der Waals surface area contributed by atoms with Crippen molar-refractivity contribution >= 4 is 12.0 Å². The molecule has 0 atom stereocenters. The molecule has 4 aliphatic carbocycles. The first kappa shape index (κ1) is 9.74. The number of aromatic nitrogens is 2. The van der Waals surface area contributed by atoms with Gasteiger partial charge < -0.3 is 15.6 Å². The van der Waals surface area contributed by atoms with Crippen molar-refractivity contribution in [1.82, 2.24) is 10.1 Å². The Labute approximate surface area is 100 Å². The number of nitrogens with two attached hydrogens (primary N) is 1. The van der Waals surface area contributed by atoms with Gasteiger partial charge in [0.25, 0.3) is 5.95 Å². The van der Waals surface area contributed by atoms with Crippen LogP contribution < -0.4 is 11.1 Å². The molecule has 0 aliphatic heterocycles. The third-order valence-electron chi connectivity index (χ3n) is 4.96. The molecule has 0 saturated heterocycles. The predicted octanol–water partition coefficient (Wildman–Crippen LogP) is 1.89. The van der Waals surface area contributed by atoms with E-state index in [9.17, 15) is 0 Å². The highest BCUT2D eigenvalue weighted by atomic mass is 16.5. The largest absolute Gasteiger partial charge is 0.365 e. The Morgan fingerprint density at radius 1 is 1.06 bits per heavy atom. The summed E-state index contributed by atoms with van der Waals surface area (Å²) in [7, 11) is 0. The molecule has 4 saturated carbocycles. The van der Waals surface area contributed by atoms with Crippen molar-refractivity contribution in [1.29, 1.82) is 0 Å². The molecule has 17 heavy (non-hydrogen) atoms. The lowest BCUT2D eigenvalue weighted by atomic mass is 9.54.